The van der Waals surface area contributed by atoms with Crippen LogP contribution in [-0.2, 0) is 49.8 Å². The Balaban J connectivity index is 2.03. The molecule has 2 aliphatic heterocycles. The lowest BCUT2D eigenvalue weighted by molar-refractivity contribution is -0.137. The van der Waals surface area contributed by atoms with Gasteiger partial charge in [-0.1, -0.05) is 42.5 Å². The molecule has 198 valence electrons. The minimum absolute atomic E-state index is 0.0914. The summed E-state index contributed by atoms with van der Waals surface area (Å²) in [6.07, 6.45) is 0.933. The Labute approximate surface area is 209 Å². The minimum Gasteiger partial charge on any atom is -0.464 e. The summed E-state index contributed by atoms with van der Waals surface area (Å²) in [6.45, 7) is -0.297. The number of sulfonamides is 1. The largest absolute Gasteiger partial charge is 0.534 e. The molecule has 2 heterocycles. The molecule has 0 radical (unpaired) electrons. The first-order chi connectivity index (χ1) is 17.4. The van der Waals surface area contributed by atoms with Crippen LogP contribution in [0, 0.1) is 0 Å². The van der Waals surface area contributed by atoms with E-state index in [9.17, 15) is 34.8 Å². The van der Waals surface area contributed by atoms with Gasteiger partial charge in [0.2, 0.25) is 6.79 Å². The number of methoxy groups -OCH3 is 1. The van der Waals surface area contributed by atoms with Crippen LogP contribution >= 0.6 is 0 Å². The average molecular weight is 562 g/mol. The first kappa shape index (κ1) is 26.3. The zero-order valence-corrected chi connectivity index (χ0v) is 20.5. The van der Waals surface area contributed by atoms with Crippen LogP contribution < -0.4 is 0 Å². The van der Waals surface area contributed by atoms with Crippen molar-refractivity contribution in [2.24, 2.45) is 0 Å². The normalized spacial score (nSPS) is 17.7. The van der Waals surface area contributed by atoms with Gasteiger partial charge < -0.3 is 18.4 Å². The first-order valence-corrected chi connectivity index (χ1v) is 13.2. The summed E-state index contributed by atoms with van der Waals surface area (Å²) in [4.78, 5) is 12.4. The molecule has 1 unspecified atom stereocenters. The first-order valence-electron chi connectivity index (χ1n) is 10.3. The summed E-state index contributed by atoms with van der Waals surface area (Å²) < 4.78 is 112. The van der Waals surface area contributed by atoms with Gasteiger partial charge in [0.25, 0.3) is 10.0 Å². The van der Waals surface area contributed by atoms with E-state index in [-0.39, 0.29) is 19.0 Å². The Kier molecular flexibility index (Phi) is 6.85. The summed E-state index contributed by atoms with van der Waals surface area (Å²) in [7, 11) is -10.2. The average Bonchev–Trinajstić information content (AvgIpc) is 3.39. The number of hydrogen-bond donors (Lipinski definition) is 0. The van der Waals surface area contributed by atoms with Crippen molar-refractivity contribution in [3.05, 3.63) is 83.4 Å². The van der Waals surface area contributed by atoms with Crippen molar-refractivity contribution in [1.29, 1.82) is 0 Å². The number of esters is 1. The standard InChI is InChI=1S/C22H18F3NO9S2/c1-32-21(27)19-20(35-37(30,31)22(23,24)25)15-9-5-6-10-18(15)36(28,29)26(19)16(17-12-33-13-34-17)11-14-7-3-2-4-8-14/h2-10,12,16H,11,13H2,1H3. The number of nitrogens with zero attached hydrogens (tertiary/aromatic N) is 1. The van der Waals surface area contributed by atoms with Crippen molar-refractivity contribution in [2.45, 2.75) is 22.9 Å². The van der Waals surface area contributed by atoms with E-state index < -0.39 is 59.6 Å². The Hall–Kier alpha value is -3.72. The van der Waals surface area contributed by atoms with Crippen LogP contribution in [0.3, 0.4) is 0 Å². The SMILES string of the molecule is COC(=O)C1=C(OS(=O)(=O)C(F)(F)F)c2ccccc2S(=O)(=O)N1C(Cc1ccccc1)C1=COCO1. The molecule has 0 aromatic heterocycles. The minimum atomic E-state index is -6.34. The molecule has 0 amide bonds. The van der Waals surface area contributed by atoms with Gasteiger partial charge in [-0.15, -0.1) is 0 Å². The van der Waals surface area contributed by atoms with Crippen LogP contribution in [0.1, 0.15) is 11.1 Å². The van der Waals surface area contributed by atoms with Gasteiger partial charge in [0.15, 0.2) is 17.2 Å². The molecule has 0 bridgehead atoms. The molecule has 0 saturated carbocycles. The van der Waals surface area contributed by atoms with E-state index in [2.05, 4.69) is 8.92 Å². The summed E-state index contributed by atoms with van der Waals surface area (Å²) >= 11 is 0. The number of hydrogen-bond acceptors (Lipinski definition) is 9. The summed E-state index contributed by atoms with van der Waals surface area (Å²) in [5.74, 6) is -2.73. The summed E-state index contributed by atoms with van der Waals surface area (Å²) in [5.41, 5.74) is -7.01. The number of carbonyl (C=O) groups excluding carboxylic acids is 1. The molecular weight excluding hydrogens is 543 g/mol. The molecule has 10 nitrogen and oxygen atoms in total. The van der Waals surface area contributed by atoms with Crippen LogP contribution in [-0.4, -0.2) is 52.6 Å². The molecule has 15 heteroatoms. The van der Waals surface area contributed by atoms with Gasteiger partial charge in [0, 0.05) is 12.0 Å². The third-order valence-electron chi connectivity index (χ3n) is 5.34. The van der Waals surface area contributed by atoms with Gasteiger partial charge in [0.05, 0.1) is 12.0 Å². The molecule has 4 rings (SSSR count). The van der Waals surface area contributed by atoms with Crippen molar-refractivity contribution in [3.63, 3.8) is 0 Å². The van der Waals surface area contributed by atoms with E-state index in [1.165, 1.54) is 12.1 Å². The quantitative estimate of drug-likeness (QED) is 0.285. The zero-order valence-electron chi connectivity index (χ0n) is 18.8. The highest BCUT2D eigenvalue weighted by molar-refractivity contribution is 7.89. The van der Waals surface area contributed by atoms with E-state index in [1.54, 1.807) is 30.3 Å². The number of ether oxygens (including phenoxy) is 3. The van der Waals surface area contributed by atoms with Gasteiger partial charge in [-0.25, -0.2) is 17.5 Å². The van der Waals surface area contributed by atoms with E-state index in [1.807, 2.05) is 0 Å². The molecule has 2 aromatic rings. The van der Waals surface area contributed by atoms with Gasteiger partial charge in [0.1, 0.15) is 12.3 Å². The topological polar surface area (TPSA) is 126 Å². The maximum Gasteiger partial charge on any atom is 0.534 e. The van der Waals surface area contributed by atoms with Crippen LogP contribution in [0.15, 0.2) is 77.2 Å². The molecule has 0 saturated heterocycles. The second kappa shape index (κ2) is 9.63. The molecule has 1 atom stereocenters. The van der Waals surface area contributed by atoms with Crippen molar-refractivity contribution in [3.8, 4) is 0 Å². The fourth-order valence-corrected chi connectivity index (χ4v) is 6.04. The number of carbonyl (C=O) groups is 1. The lowest BCUT2D eigenvalue weighted by Gasteiger charge is -2.37. The molecule has 0 N–H and O–H groups in total. The van der Waals surface area contributed by atoms with Crippen molar-refractivity contribution >= 4 is 31.9 Å². The van der Waals surface area contributed by atoms with Crippen LogP contribution in [0.25, 0.3) is 5.76 Å². The number of benzene rings is 2. The molecule has 0 aliphatic carbocycles. The third-order valence-corrected chi connectivity index (χ3v) is 8.16. The Morgan fingerprint density at radius 3 is 2.35 bits per heavy atom. The molecule has 2 aliphatic rings. The van der Waals surface area contributed by atoms with Gasteiger partial charge >= 0.3 is 21.6 Å². The Morgan fingerprint density at radius 2 is 1.76 bits per heavy atom. The monoisotopic (exact) mass is 561 g/mol. The number of alkyl halides is 3. The highest BCUT2D eigenvalue weighted by Crippen LogP contribution is 2.43. The van der Waals surface area contributed by atoms with Gasteiger partial charge in [-0.3, -0.25) is 0 Å². The highest BCUT2D eigenvalue weighted by Gasteiger charge is 2.53. The van der Waals surface area contributed by atoms with E-state index in [0.29, 0.717) is 9.87 Å². The Morgan fingerprint density at radius 1 is 1.11 bits per heavy atom. The predicted octanol–water partition coefficient (Wildman–Crippen LogP) is 2.86. The molecule has 37 heavy (non-hydrogen) atoms. The smallest absolute Gasteiger partial charge is 0.464 e. The van der Waals surface area contributed by atoms with E-state index in [4.69, 9.17) is 9.47 Å². The maximum absolute atomic E-state index is 13.9. The Bertz CT molecular complexity index is 1480. The van der Waals surface area contributed by atoms with Crippen molar-refractivity contribution in [1.82, 2.24) is 4.31 Å². The van der Waals surface area contributed by atoms with Crippen molar-refractivity contribution in [2.75, 3.05) is 13.9 Å². The zero-order chi connectivity index (χ0) is 27.0. The molecular formula is C22H18F3NO9S2. The molecule has 0 spiro atoms. The summed E-state index contributed by atoms with van der Waals surface area (Å²) in [6, 6.07) is 11.4. The summed E-state index contributed by atoms with van der Waals surface area (Å²) in [5, 5.41) is 0. The number of halogens is 3. The predicted molar refractivity (Wildman–Crippen MR) is 120 cm³/mol. The van der Waals surface area contributed by atoms with Gasteiger partial charge in [-0.05, 0) is 17.7 Å². The second-order valence-electron chi connectivity index (χ2n) is 7.60. The van der Waals surface area contributed by atoms with E-state index in [0.717, 1.165) is 25.5 Å². The molecule has 0 fully saturated rings. The van der Waals surface area contributed by atoms with Gasteiger partial charge in [-0.2, -0.15) is 21.6 Å². The van der Waals surface area contributed by atoms with Crippen LogP contribution in [0.2, 0.25) is 0 Å². The number of rotatable bonds is 7. The molecule has 2 aromatic carbocycles. The lowest BCUT2D eigenvalue weighted by Crippen LogP contribution is -2.47. The fraction of sp³-hybridized carbons (Fsp3) is 0.227. The maximum atomic E-state index is 13.9. The number of fused-ring (bicyclic) bond motifs is 1. The van der Waals surface area contributed by atoms with E-state index >= 15 is 0 Å². The van der Waals surface area contributed by atoms with Crippen LogP contribution in [0.4, 0.5) is 13.2 Å². The fourth-order valence-electron chi connectivity index (χ4n) is 3.74. The second-order valence-corrected chi connectivity index (χ2v) is 10.9. The highest BCUT2D eigenvalue weighted by atomic mass is 32.2. The third kappa shape index (κ3) is 4.83. The van der Waals surface area contributed by atoms with Crippen molar-refractivity contribution < 1.29 is 53.2 Å². The lowest BCUT2D eigenvalue weighted by atomic mass is 10.0. The van der Waals surface area contributed by atoms with Crippen LogP contribution in [0.5, 0.6) is 0 Å².